The Morgan fingerprint density at radius 1 is 1.17 bits per heavy atom. The number of ether oxygens (including phenoxy) is 1. The highest BCUT2D eigenvalue weighted by Crippen LogP contribution is 2.11. The van der Waals surface area contributed by atoms with Crippen molar-refractivity contribution in [1.29, 1.82) is 0 Å². The molecule has 3 rings (SSSR count). The summed E-state index contributed by atoms with van der Waals surface area (Å²) in [6, 6.07) is 0. The van der Waals surface area contributed by atoms with Crippen LogP contribution in [0.2, 0.25) is 0 Å². The predicted octanol–water partition coefficient (Wildman–Crippen LogP) is -0.139. The first-order valence-corrected chi connectivity index (χ1v) is 9.39. The fourth-order valence-electron chi connectivity index (χ4n) is 2.82. The van der Waals surface area contributed by atoms with E-state index in [1.165, 1.54) is 0 Å². The van der Waals surface area contributed by atoms with Gasteiger partial charge in [0.05, 0.1) is 19.8 Å². The molecule has 0 aliphatic carbocycles. The second-order valence-electron chi connectivity index (χ2n) is 5.80. The summed E-state index contributed by atoms with van der Waals surface area (Å²) in [5.74, 6) is 3.24. The van der Waals surface area contributed by atoms with E-state index < -0.39 is 0 Å². The van der Waals surface area contributed by atoms with Crippen LogP contribution in [-0.4, -0.2) is 86.8 Å². The molecule has 0 spiro atoms. The average molecular weight is 340 g/mol. The molecular weight excluding hydrogens is 316 g/mol. The van der Waals surface area contributed by atoms with E-state index in [9.17, 15) is 4.79 Å². The molecule has 9 heteroatoms. The second kappa shape index (κ2) is 8.60. The number of rotatable bonds is 6. The van der Waals surface area contributed by atoms with E-state index in [-0.39, 0.29) is 5.91 Å². The van der Waals surface area contributed by atoms with Crippen LogP contribution in [0.3, 0.4) is 0 Å². The van der Waals surface area contributed by atoms with Gasteiger partial charge < -0.3 is 9.64 Å². The quantitative estimate of drug-likeness (QED) is 0.713. The highest BCUT2D eigenvalue weighted by molar-refractivity contribution is 7.99. The number of aromatic nitrogens is 4. The van der Waals surface area contributed by atoms with Crippen LogP contribution in [-0.2, 0) is 22.6 Å². The van der Waals surface area contributed by atoms with Crippen molar-refractivity contribution < 1.29 is 9.53 Å². The number of tetrazole rings is 1. The molecule has 128 valence electrons. The Morgan fingerprint density at radius 2 is 1.96 bits per heavy atom. The van der Waals surface area contributed by atoms with Crippen LogP contribution in [0.4, 0.5) is 0 Å². The van der Waals surface area contributed by atoms with Crippen molar-refractivity contribution in [3.8, 4) is 0 Å². The first kappa shape index (κ1) is 16.7. The topological polar surface area (TPSA) is 76.4 Å². The van der Waals surface area contributed by atoms with Gasteiger partial charge in [0.2, 0.25) is 5.91 Å². The van der Waals surface area contributed by atoms with Crippen molar-refractivity contribution in [2.45, 2.75) is 25.9 Å². The molecule has 0 radical (unpaired) electrons. The van der Waals surface area contributed by atoms with Crippen LogP contribution < -0.4 is 0 Å². The molecule has 0 unspecified atom stereocenters. The van der Waals surface area contributed by atoms with Gasteiger partial charge in [-0.3, -0.25) is 9.69 Å². The summed E-state index contributed by atoms with van der Waals surface area (Å²) >= 11 is 1.92. The lowest BCUT2D eigenvalue weighted by Gasteiger charge is -2.26. The molecule has 2 fully saturated rings. The van der Waals surface area contributed by atoms with Crippen LogP contribution in [0.15, 0.2) is 0 Å². The molecule has 0 bridgehead atoms. The predicted molar refractivity (Wildman–Crippen MR) is 87.1 cm³/mol. The Labute approximate surface area is 140 Å². The largest absolute Gasteiger partial charge is 0.379 e. The van der Waals surface area contributed by atoms with Gasteiger partial charge in [-0.1, -0.05) is 0 Å². The van der Waals surface area contributed by atoms with Gasteiger partial charge in [-0.05, 0) is 16.8 Å². The summed E-state index contributed by atoms with van der Waals surface area (Å²) in [5.41, 5.74) is 0. The summed E-state index contributed by atoms with van der Waals surface area (Å²) in [6.07, 6.45) is 1.35. The van der Waals surface area contributed by atoms with Gasteiger partial charge in [-0.15, -0.1) is 5.10 Å². The van der Waals surface area contributed by atoms with E-state index in [0.717, 1.165) is 69.7 Å². The normalized spacial score (nSPS) is 19.9. The molecule has 2 saturated heterocycles. The molecule has 1 aromatic rings. The van der Waals surface area contributed by atoms with Crippen molar-refractivity contribution in [1.82, 2.24) is 30.0 Å². The van der Waals surface area contributed by atoms with E-state index in [0.29, 0.717) is 13.0 Å². The molecule has 0 saturated carbocycles. The zero-order chi connectivity index (χ0) is 15.9. The van der Waals surface area contributed by atoms with Crippen molar-refractivity contribution >= 4 is 17.7 Å². The lowest BCUT2D eigenvalue weighted by Crippen LogP contribution is -2.38. The van der Waals surface area contributed by atoms with E-state index in [2.05, 4.69) is 20.4 Å². The average Bonchev–Trinajstić information content (AvgIpc) is 3.03. The molecule has 3 heterocycles. The Kier molecular flexibility index (Phi) is 6.23. The lowest BCUT2D eigenvalue weighted by molar-refractivity contribution is -0.131. The number of carbonyl (C=O) groups is 1. The number of hydrogen-bond acceptors (Lipinski definition) is 7. The van der Waals surface area contributed by atoms with Gasteiger partial charge in [-0.2, -0.15) is 11.8 Å². The van der Waals surface area contributed by atoms with Crippen LogP contribution in [0.25, 0.3) is 0 Å². The smallest absolute Gasteiger partial charge is 0.222 e. The van der Waals surface area contributed by atoms with Crippen LogP contribution >= 0.6 is 11.8 Å². The maximum Gasteiger partial charge on any atom is 0.222 e. The molecule has 0 aromatic carbocycles. The first-order valence-electron chi connectivity index (χ1n) is 8.23. The monoisotopic (exact) mass is 340 g/mol. The SMILES string of the molecule is O=C(CCCn1nnnc1CN1CCOCC1)N1CCSCC1. The maximum absolute atomic E-state index is 12.2. The molecule has 8 nitrogen and oxygen atoms in total. The van der Waals surface area contributed by atoms with Gasteiger partial charge in [-0.25, -0.2) is 4.68 Å². The Hall–Kier alpha value is -1.19. The summed E-state index contributed by atoms with van der Waals surface area (Å²) in [6.45, 7) is 6.58. The first-order chi connectivity index (χ1) is 11.3. The van der Waals surface area contributed by atoms with Gasteiger partial charge in [0.1, 0.15) is 0 Å². The van der Waals surface area contributed by atoms with Crippen LogP contribution in [0, 0.1) is 0 Å². The molecule has 1 aromatic heterocycles. The molecule has 2 aliphatic rings. The van der Waals surface area contributed by atoms with Crippen molar-refractivity contribution in [3.63, 3.8) is 0 Å². The molecule has 1 amide bonds. The summed E-state index contributed by atoms with van der Waals surface area (Å²) in [7, 11) is 0. The molecule has 0 N–H and O–H groups in total. The zero-order valence-electron chi connectivity index (χ0n) is 13.4. The zero-order valence-corrected chi connectivity index (χ0v) is 14.2. The maximum atomic E-state index is 12.2. The van der Waals surface area contributed by atoms with E-state index in [4.69, 9.17) is 4.74 Å². The third kappa shape index (κ3) is 4.89. The molecule has 0 atom stereocenters. The number of carbonyl (C=O) groups excluding carboxylic acids is 1. The van der Waals surface area contributed by atoms with Gasteiger partial charge in [0.25, 0.3) is 0 Å². The minimum Gasteiger partial charge on any atom is -0.379 e. The van der Waals surface area contributed by atoms with E-state index in [1.54, 1.807) is 0 Å². The number of morpholine rings is 1. The third-order valence-corrected chi connectivity index (χ3v) is 5.14. The highest BCUT2D eigenvalue weighted by Gasteiger charge is 2.18. The van der Waals surface area contributed by atoms with E-state index >= 15 is 0 Å². The Morgan fingerprint density at radius 3 is 2.74 bits per heavy atom. The van der Waals surface area contributed by atoms with Gasteiger partial charge in [0, 0.05) is 50.7 Å². The minimum absolute atomic E-state index is 0.258. The summed E-state index contributed by atoms with van der Waals surface area (Å²) in [5, 5.41) is 12.0. The van der Waals surface area contributed by atoms with Crippen molar-refractivity contribution in [3.05, 3.63) is 5.82 Å². The molecule has 23 heavy (non-hydrogen) atoms. The minimum atomic E-state index is 0.258. The fraction of sp³-hybridized carbons (Fsp3) is 0.857. The third-order valence-electron chi connectivity index (χ3n) is 4.20. The van der Waals surface area contributed by atoms with Gasteiger partial charge in [0.15, 0.2) is 5.82 Å². The van der Waals surface area contributed by atoms with Crippen molar-refractivity contribution in [2.24, 2.45) is 0 Å². The van der Waals surface area contributed by atoms with E-state index in [1.807, 2.05) is 21.3 Å². The second-order valence-corrected chi connectivity index (χ2v) is 7.03. The standard InChI is InChI=1S/C14H24N6O2S/c21-14(19-6-10-23-11-7-19)2-1-3-20-13(15-16-17-20)12-18-4-8-22-9-5-18/h1-12H2. The number of aryl methyl sites for hydroxylation is 1. The van der Waals surface area contributed by atoms with Gasteiger partial charge >= 0.3 is 0 Å². The molecular formula is C14H24N6O2S. The lowest BCUT2D eigenvalue weighted by atomic mass is 10.2. The fourth-order valence-corrected chi connectivity index (χ4v) is 3.72. The number of nitrogens with zero attached hydrogens (tertiary/aromatic N) is 6. The van der Waals surface area contributed by atoms with Crippen molar-refractivity contribution in [2.75, 3.05) is 50.9 Å². The number of thioether (sulfide) groups is 1. The Bertz CT molecular complexity index is 499. The number of amides is 1. The number of hydrogen-bond donors (Lipinski definition) is 0. The van der Waals surface area contributed by atoms with Crippen LogP contribution in [0.1, 0.15) is 18.7 Å². The molecule has 2 aliphatic heterocycles. The summed E-state index contributed by atoms with van der Waals surface area (Å²) < 4.78 is 7.18. The summed E-state index contributed by atoms with van der Waals surface area (Å²) in [4.78, 5) is 16.4. The Balaban J connectivity index is 1.43. The van der Waals surface area contributed by atoms with Crippen LogP contribution in [0.5, 0.6) is 0 Å². The highest BCUT2D eigenvalue weighted by atomic mass is 32.2.